The fourth-order valence-corrected chi connectivity index (χ4v) is 3.18. The molecule has 2 aromatic rings. The van der Waals surface area contributed by atoms with Gasteiger partial charge in [-0.3, -0.25) is 0 Å². The maximum absolute atomic E-state index is 11.7. The first-order chi connectivity index (χ1) is 8.17. The molecule has 17 heavy (non-hydrogen) atoms. The molecule has 0 amide bonds. The molecule has 0 radical (unpaired) electrons. The highest BCUT2D eigenvalue weighted by Gasteiger charge is 2.15. The molecule has 0 N–H and O–H groups in total. The van der Waals surface area contributed by atoms with E-state index in [1.165, 1.54) is 11.3 Å². The number of ether oxygens (including phenoxy) is 2. The number of hydrogen-bond acceptors (Lipinski definition) is 4. The van der Waals surface area contributed by atoms with Crippen molar-refractivity contribution in [2.75, 3.05) is 13.7 Å². The summed E-state index contributed by atoms with van der Waals surface area (Å²) in [6.07, 6.45) is 0. The van der Waals surface area contributed by atoms with Gasteiger partial charge in [-0.2, -0.15) is 0 Å². The average Bonchev–Trinajstić information content (AvgIpc) is 2.76. The van der Waals surface area contributed by atoms with Crippen molar-refractivity contribution in [1.29, 1.82) is 0 Å². The minimum Gasteiger partial charge on any atom is -0.495 e. The van der Waals surface area contributed by atoms with Gasteiger partial charge in [-0.15, -0.1) is 11.3 Å². The molecule has 0 spiro atoms. The zero-order valence-electron chi connectivity index (χ0n) is 9.45. The predicted octanol–water partition coefficient (Wildman–Crippen LogP) is 3.85. The third kappa shape index (κ3) is 2.30. The summed E-state index contributed by atoms with van der Waals surface area (Å²) in [6.45, 7) is 2.17. The van der Waals surface area contributed by atoms with Crippen LogP contribution in [-0.2, 0) is 4.74 Å². The highest BCUT2D eigenvalue weighted by Crippen LogP contribution is 2.38. The Kier molecular flexibility index (Phi) is 3.69. The second kappa shape index (κ2) is 5.06. The van der Waals surface area contributed by atoms with Crippen LogP contribution < -0.4 is 4.74 Å². The van der Waals surface area contributed by atoms with Crippen molar-refractivity contribution in [3.05, 3.63) is 27.5 Å². The SMILES string of the molecule is CCOC(=O)c1cc2c(Br)ccc(OC)c2s1. The summed E-state index contributed by atoms with van der Waals surface area (Å²) in [5.41, 5.74) is 0. The minimum atomic E-state index is -0.289. The number of rotatable bonds is 3. The highest BCUT2D eigenvalue weighted by atomic mass is 79.9. The van der Waals surface area contributed by atoms with Gasteiger partial charge in [0.25, 0.3) is 0 Å². The second-order valence-electron chi connectivity index (χ2n) is 3.32. The molecule has 90 valence electrons. The molecular formula is C12H11BrO3S. The van der Waals surface area contributed by atoms with E-state index in [0.717, 1.165) is 20.3 Å². The van der Waals surface area contributed by atoms with E-state index in [4.69, 9.17) is 9.47 Å². The Hall–Kier alpha value is -1.07. The highest BCUT2D eigenvalue weighted by molar-refractivity contribution is 9.10. The Morgan fingerprint density at radius 1 is 1.47 bits per heavy atom. The van der Waals surface area contributed by atoms with Crippen LogP contribution in [0.15, 0.2) is 22.7 Å². The quantitative estimate of drug-likeness (QED) is 0.807. The van der Waals surface area contributed by atoms with Gasteiger partial charge in [0, 0.05) is 9.86 Å². The van der Waals surface area contributed by atoms with Crippen LogP contribution in [0.4, 0.5) is 0 Å². The first kappa shape index (κ1) is 12.4. The summed E-state index contributed by atoms with van der Waals surface area (Å²) < 4.78 is 12.2. The van der Waals surface area contributed by atoms with Crippen molar-refractivity contribution in [2.45, 2.75) is 6.92 Å². The number of methoxy groups -OCH3 is 1. The van der Waals surface area contributed by atoms with E-state index in [1.54, 1.807) is 14.0 Å². The van der Waals surface area contributed by atoms with Crippen LogP contribution >= 0.6 is 27.3 Å². The molecule has 0 fully saturated rings. The van der Waals surface area contributed by atoms with Crippen LogP contribution in [0.1, 0.15) is 16.6 Å². The third-order valence-corrected chi connectivity index (χ3v) is 4.11. The van der Waals surface area contributed by atoms with E-state index in [0.29, 0.717) is 11.5 Å². The van der Waals surface area contributed by atoms with Crippen molar-refractivity contribution >= 4 is 43.3 Å². The standard InChI is InChI=1S/C12H11BrO3S/c1-3-16-12(14)10-6-7-8(13)4-5-9(15-2)11(7)17-10/h4-6H,3H2,1-2H3. The van der Waals surface area contributed by atoms with Gasteiger partial charge < -0.3 is 9.47 Å². The van der Waals surface area contributed by atoms with E-state index in [1.807, 2.05) is 18.2 Å². The van der Waals surface area contributed by atoms with Crippen LogP contribution in [-0.4, -0.2) is 19.7 Å². The van der Waals surface area contributed by atoms with Gasteiger partial charge in [-0.05, 0) is 25.1 Å². The molecule has 0 aliphatic carbocycles. The molecule has 0 saturated carbocycles. The Morgan fingerprint density at radius 3 is 2.88 bits per heavy atom. The minimum absolute atomic E-state index is 0.289. The summed E-state index contributed by atoms with van der Waals surface area (Å²) in [7, 11) is 1.62. The lowest BCUT2D eigenvalue weighted by molar-refractivity contribution is 0.0532. The first-order valence-electron chi connectivity index (χ1n) is 5.10. The number of esters is 1. The van der Waals surface area contributed by atoms with Gasteiger partial charge in [-0.1, -0.05) is 15.9 Å². The molecule has 0 bridgehead atoms. The van der Waals surface area contributed by atoms with Crippen LogP contribution in [0.25, 0.3) is 10.1 Å². The van der Waals surface area contributed by atoms with Crippen molar-refractivity contribution in [3.8, 4) is 5.75 Å². The Morgan fingerprint density at radius 2 is 2.24 bits per heavy atom. The Bertz CT molecular complexity index is 562. The molecule has 0 unspecified atom stereocenters. The predicted molar refractivity (Wildman–Crippen MR) is 72.0 cm³/mol. The summed E-state index contributed by atoms with van der Waals surface area (Å²) in [5.74, 6) is 0.478. The fraction of sp³-hybridized carbons (Fsp3) is 0.250. The summed E-state index contributed by atoms with van der Waals surface area (Å²) in [6, 6.07) is 5.60. The molecule has 5 heteroatoms. The maximum atomic E-state index is 11.7. The lowest BCUT2D eigenvalue weighted by Gasteiger charge is -2.01. The number of benzene rings is 1. The number of hydrogen-bond donors (Lipinski definition) is 0. The summed E-state index contributed by atoms with van der Waals surface area (Å²) in [4.78, 5) is 12.2. The number of carbonyl (C=O) groups excluding carboxylic acids is 1. The van der Waals surface area contributed by atoms with E-state index in [9.17, 15) is 4.79 Å². The molecule has 1 aromatic heterocycles. The van der Waals surface area contributed by atoms with Crippen LogP contribution in [0.3, 0.4) is 0 Å². The number of thiophene rings is 1. The normalized spacial score (nSPS) is 10.5. The van der Waals surface area contributed by atoms with Crippen LogP contribution in [0.2, 0.25) is 0 Å². The lowest BCUT2D eigenvalue weighted by atomic mass is 10.2. The number of carbonyl (C=O) groups is 1. The number of fused-ring (bicyclic) bond motifs is 1. The smallest absolute Gasteiger partial charge is 0.348 e. The lowest BCUT2D eigenvalue weighted by Crippen LogP contribution is -2.01. The molecule has 2 rings (SSSR count). The van der Waals surface area contributed by atoms with E-state index >= 15 is 0 Å². The van der Waals surface area contributed by atoms with Gasteiger partial charge in [0.15, 0.2) is 0 Å². The van der Waals surface area contributed by atoms with E-state index in [2.05, 4.69) is 15.9 Å². The van der Waals surface area contributed by atoms with Crippen LogP contribution in [0, 0.1) is 0 Å². The van der Waals surface area contributed by atoms with Crippen molar-refractivity contribution < 1.29 is 14.3 Å². The Balaban J connectivity index is 2.56. The number of halogens is 1. The molecule has 0 aliphatic rings. The van der Waals surface area contributed by atoms with Gasteiger partial charge >= 0.3 is 5.97 Å². The van der Waals surface area contributed by atoms with Gasteiger partial charge in [0.05, 0.1) is 18.4 Å². The largest absolute Gasteiger partial charge is 0.495 e. The molecule has 0 atom stereocenters. The average molecular weight is 315 g/mol. The monoisotopic (exact) mass is 314 g/mol. The van der Waals surface area contributed by atoms with Crippen LogP contribution in [0.5, 0.6) is 5.75 Å². The second-order valence-corrected chi connectivity index (χ2v) is 5.23. The molecule has 0 saturated heterocycles. The zero-order chi connectivity index (χ0) is 12.4. The van der Waals surface area contributed by atoms with Gasteiger partial charge in [-0.25, -0.2) is 4.79 Å². The molecular weight excluding hydrogens is 304 g/mol. The zero-order valence-corrected chi connectivity index (χ0v) is 11.9. The van der Waals surface area contributed by atoms with Gasteiger partial charge in [0.1, 0.15) is 10.6 Å². The molecule has 0 aliphatic heterocycles. The summed E-state index contributed by atoms with van der Waals surface area (Å²) >= 11 is 4.84. The maximum Gasteiger partial charge on any atom is 0.348 e. The van der Waals surface area contributed by atoms with Crippen molar-refractivity contribution in [3.63, 3.8) is 0 Å². The first-order valence-corrected chi connectivity index (χ1v) is 6.71. The Labute approximate surface area is 111 Å². The van der Waals surface area contributed by atoms with Crippen molar-refractivity contribution in [1.82, 2.24) is 0 Å². The third-order valence-electron chi connectivity index (χ3n) is 2.29. The molecule has 1 heterocycles. The van der Waals surface area contributed by atoms with E-state index in [-0.39, 0.29) is 5.97 Å². The van der Waals surface area contributed by atoms with Crippen molar-refractivity contribution in [2.24, 2.45) is 0 Å². The topological polar surface area (TPSA) is 35.5 Å². The summed E-state index contributed by atoms with van der Waals surface area (Å²) in [5, 5.41) is 0.970. The fourth-order valence-electron chi connectivity index (χ4n) is 1.53. The molecule has 3 nitrogen and oxygen atoms in total. The molecule has 1 aromatic carbocycles. The van der Waals surface area contributed by atoms with E-state index < -0.39 is 0 Å². The van der Waals surface area contributed by atoms with Gasteiger partial charge in [0.2, 0.25) is 0 Å².